The third-order valence-electron chi connectivity index (χ3n) is 9.28. The topological polar surface area (TPSA) is 49.6 Å². The number of aromatic nitrogens is 2. The van der Waals surface area contributed by atoms with Crippen LogP contribution in [0, 0.1) is 22.7 Å². The van der Waals surface area contributed by atoms with Crippen LogP contribution in [0.3, 0.4) is 0 Å². The molecule has 3 nitrogen and oxygen atoms in total. The second-order valence-corrected chi connectivity index (χ2v) is 11.8. The smallest absolute Gasteiger partial charge is 0.159 e. The van der Waals surface area contributed by atoms with Crippen molar-refractivity contribution < 1.29 is 0 Å². The van der Waals surface area contributed by atoms with E-state index in [1.165, 1.54) is 81.8 Å². The minimum absolute atomic E-state index is 0.0739. The van der Waals surface area contributed by atoms with Gasteiger partial charge in [0.25, 0.3) is 0 Å². The van der Waals surface area contributed by atoms with E-state index in [9.17, 15) is 5.26 Å². The molecule has 2 saturated carbocycles. The average Bonchev–Trinajstić information content (AvgIpc) is 2.94. The lowest BCUT2D eigenvalue weighted by Crippen LogP contribution is -2.25. The summed E-state index contributed by atoms with van der Waals surface area (Å²) in [6.07, 6.45) is 24.1. The van der Waals surface area contributed by atoms with Gasteiger partial charge in [-0.2, -0.15) is 5.26 Å². The van der Waals surface area contributed by atoms with Crippen molar-refractivity contribution in [3.63, 3.8) is 0 Å². The molecule has 0 radical (unpaired) electrons. The molecule has 0 N–H and O–H groups in total. The Morgan fingerprint density at radius 2 is 1.39 bits per heavy atom. The first kappa shape index (κ1) is 26.8. The molecular formula is C33H47N3. The van der Waals surface area contributed by atoms with Gasteiger partial charge in [-0.25, -0.2) is 9.97 Å². The molecule has 36 heavy (non-hydrogen) atoms. The van der Waals surface area contributed by atoms with Crippen LogP contribution in [-0.4, -0.2) is 9.97 Å². The standard InChI is InChI=1S/C33H47N3/c1-3-5-7-9-26-10-12-28(13-11-26)31-23-35-32(36-24-31)30-16-14-27(15-17-30)29-18-21-33(25-34,22-19-29)20-8-6-4-2/h14-17,23-24,26,28-29H,3-13,18-22H2,1-2H3. The zero-order chi connectivity index (χ0) is 25.2. The molecule has 0 bridgehead atoms. The van der Waals surface area contributed by atoms with Gasteiger partial charge in [0.2, 0.25) is 0 Å². The van der Waals surface area contributed by atoms with Crippen LogP contribution in [0.5, 0.6) is 0 Å². The van der Waals surface area contributed by atoms with Gasteiger partial charge in [0.1, 0.15) is 0 Å². The maximum atomic E-state index is 9.85. The van der Waals surface area contributed by atoms with Crippen LogP contribution in [0.2, 0.25) is 0 Å². The molecule has 4 rings (SSSR count). The Hall–Kier alpha value is -2.21. The van der Waals surface area contributed by atoms with E-state index in [2.05, 4.69) is 56.6 Å². The van der Waals surface area contributed by atoms with Crippen LogP contribution >= 0.6 is 0 Å². The molecule has 0 saturated heterocycles. The van der Waals surface area contributed by atoms with Crippen molar-refractivity contribution in [2.24, 2.45) is 11.3 Å². The van der Waals surface area contributed by atoms with Crippen molar-refractivity contribution in [3.8, 4) is 17.5 Å². The molecule has 2 aliphatic carbocycles. The van der Waals surface area contributed by atoms with Crippen LogP contribution in [0.15, 0.2) is 36.7 Å². The van der Waals surface area contributed by atoms with Gasteiger partial charge in [0.05, 0.1) is 11.5 Å². The predicted octanol–water partition coefficient (Wildman–Crippen LogP) is 9.75. The normalized spacial score (nSPS) is 26.4. The Bertz CT molecular complexity index is 940. The van der Waals surface area contributed by atoms with Gasteiger partial charge in [0.15, 0.2) is 5.82 Å². The molecule has 3 heteroatoms. The Morgan fingerprint density at radius 1 is 0.778 bits per heavy atom. The molecule has 1 heterocycles. The Labute approximate surface area is 220 Å². The highest BCUT2D eigenvalue weighted by Crippen LogP contribution is 2.46. The molecule has 0 amide bonds. The molecule has 2 fully saturated rings. The van der Waals surface area contributed by atoms with Crippen LogP contribution in [-0.2, 0) is 0 Å². The van der Waals surface area contributed by atoms with E-state index in [-0.39, 0.29) is 5.41 Å². The number of benzene rings is 1. The molecule has 1 aromatic carbocycles. The van der Waals surface area contributed by atoms with E-state index < -0.39 is 0 Å². The summed E-state index contributed by atoms with van der Waals surface area (Å²) in [7, 11) is 0. The van der Waals surface area contributed by atoms with Gasteiger partial charge in [-0.1, -0.05) is 83.1 Å². The Morgan fingerprint density at radius 3 is 2.00 bits per heavy atom. The van der Waals surface area contributed by atoms with Gasteiger partial charge < -0.3 is 0 Å². The van der Waals surface area contributed by atoms with Crippen molar-refractivity contribution in [1.82, 2.24) is 9.97 Å². The third kappa shape index (κ3) is 6.96. The predicted molar refractivity (Wildman–Crippen MR) is 150 cm³/mol. The summed E-state index contributed by atoms with van der Waals surface area (Å²) in [5.74, 6) is 2.99. The number of unbranched alkanes of at least 4 members (excludes halogenated alkanes) is 4. The number of nitriles is 1. The molecule has 0 atom stereocenters. The SMILES string of the molecule is CCCCCC1CCC(c2cnc(-c3ccc(C4CCC(C#N)(CCCCC)CC4)cc3)nc2)CC1. The van der Waals surface area contributed by atoms with Crippen molar-refractivity contribution in [1.29, 1.82) is 5.26 Å². The van der Waals surface area contributed by atoms with E-state index in [1.54, 1.807) is 0 Å². The molecule has 2 aliphatic rings. The monoisotopic (exact) mass is 485 g/mol. The highest BCUT2D eigenvalue weighted by atomic mass is 14.9. The van der Waals surface area contributed by atoms with Gasteiger partial charge in [0, 0.05) is 18.0 Å². The Balaban J connectivity index is 1.28. The number of rotatable bonds is 11. The van der Waals surface area contributed by atoms with E-state index in [1.807, 2.05) is 0 Å². The highest BCUT2D eigenvalue weighted by molar-refractivity contribution is 5.55. The fraction of sp³-hybridized carbons (Fsp3) is 0.667. The van der Waals surface area contributed by atoms with E-state index in [0.29, 0.717) is 11.8 Å². The van der Waals surface area contributed by atoms with E-state index in [0.717, 1.165) is 49.4 Å². The van der Waals surface area contributed by atoms with Gasteiger partial charge in [-0.05, 0) is 86.7 Å². The second kappa shape index (κ2) is 13.4. The fourth-order valence-corrected chi connectivity index (χ4v) is 6.70. The summed E-state index contributed by atoms with van der Waals surface area (Å²) in [4.78, 5) is 9.53. The molecule has 2 aromatic rings. The quantitative estimate of drug-likeness (QED) is 0.298. The molecule has 0 aliphatic heterocycles. The van der Waals surface area contributed by atoms with Crippen LogP contribution in [0.1, 0.15) is 140 Å². The van der Waals surface area contributed by atoms with Gasteiger partial charge in [-0.15, -0.1) is 0 Å². The first-order valence-electron chi connectivity index (χ1n) is 15.0. The fourth-order valence-electron chi connectivity index (χ4n) is 6.70. The lowest BCUT2D eigenvalue weighted by atomic mass is 9.67. The lowest BCUT2D eigenvalue weighted by molar-refractivity contribution is 0.223. The van der Waals surface area contributed by atoms with Crippen molar-refractivity contribution in [2.75, 3.05) is 0 Å². The molecule has 0 spiro atoms. The molecule has 194 valence electrons. The average molecular weight is 486 g/mol. The van der Waals surface area contributed by atoms with E-state index >= 15 is 0 Å². The summed E-state index contributed by atoms with van der Waals surface area (Å²) in [5, 5.41) is 9.85. The summed E-state index contributed by atoms with van der Waals surface area (Å²) < 4.78 is 0. The first-order chi connectivity index (χ1) is 17.7. The zero-order valence-corrected chi connectivity index (χ0v) is 22.9. The number of hydrogen-bond acceptors (Lipinski definition) is 3. The summed E-state index contributed by atoms with van der Waals surface area (Å²) in [6, 6.07) is 11.6. The van der Waals surface area contributed by atoms with Crippen molar-refractivity contribution in [3.05, 3.63) is 47.8 Å². The van der Waals surface area contributed by atoms with Gasteiger partial charge in [-0.3, -0.25) is 0 Å². The van der Waals surface area contributed by atoms with Crippen LogP contribution in [0.25, 0.3) is 11.4 Å². The summed E-state index contributed by atoms with van der Waals surface area (Å²) in [6.45, 7) is 4.53. The summed E-state index contributed by atoms with van der Waals surface area (Å²) in [5.41, 5.74) is 3.76. The van der Waals surface area contributed by atoms with Crippen LogP contribution in [0.4, 0.5) is 0 Å². The maximum Gasteiger partial charge on any atom is 0.159 e. The molecule has 1 aromatic heterocycles. The lowest BCUT2D eigenvalue weighted by Gasteiger charge is -2.35. The first-order valence-corrected chi connectivity index (χ1v) is 15.0. The molecular weight excluding hydrogens is 438 g/mol. The molecule has 0 unspecified atom stereocenters. The Kier molecular flexibility index (Phi) is 9.97. The summed E-state index contributed by atoms with van der Waals surface area (Å²) >= 11 is 0. The minimum atomic E-state index is -0.0739. The zero-order valence-electron chi connectivity index (χ0n) is 22.9. The highest BCUT2D eigenvalue weighted by Gasteiger charge is 2.35. The number of hydrogen-bond donors (Lipinski definition) is 0. The van der Waals surface area contributed by atoms with Crippen LogP contribution < -0.4 is 0 Å². The second-order valence-electron chi connectivity index (χ2n) is 11.8. The third-order valence-corrected chi connectivity index (χ3v) is 9.28. The van der Waals surface area contributed by atoms with Crippen molar-refractivity contribution in [2.45, 2.75) is 128 Å². The van der Waals surface area contributed by atoms with Gasteiger partial charge >= 0.3 is 0 Å². The maximum absolute atomic E-state index is 9.85. The van der Waals surface area contributed by atoms with Crippen molar-refractivity contribution >= 4 is 0 Å². The number of nitrogens with zero attached hydrogens (tertiary/aromatic N) is 3. The minimum Gasteiger partial charge on any atom is -0.236 e. The largest absolute Gasteiger partial charge is 0.236 e. The van der Waals surface area contributed by atoms with E-state index in [4.69, 9.17) is 9.97 Å².